The van der Waals surface area contributed by atoms with Crippen molar-refractivity contribution >= 4 is 39.3 Å². The molecule has 0 saturated heterocycles. The van der Waals surface area contributed by atoms with Gasteiger partial charge in [0.2, 0.25) is 0 Å². The second-order valence-electron chi connectivity index (χ2n) is 7.12. The number of hydrogen-bond donors (Lipinski definition) is 0. The summed E-state index contributed by atoms with van der Waals surface area (Å²) < 4.78 is 6.91. The molecule has 0 spiro atoms. The summed E-state index contributed by atoms with van der Waals surface area (Å²) in [5.41, 5.74) is 1.90. The molecule has 1 aliphatic rings. The van der Waals surface area contributed by atoms with Gasteiger partial charge in [-0.1, -0.05) is 43.3 Å². The summed E-state index contributed by atoms with van der Waals surface area (Å²) in [6.45, 7) is 2.49. The Labute approximate surface area is 178 Å². The van der Waals surface area contributed by atoms with Crippen LogP contribution in [0.2, 0.25) is 0 Å². The summed E-state index contributed by atoms with van der Waals surface area (Å²) in [6, 6.07) is 9.53. The number of unbranched alkanes of at least 4 members (excludes halogenated alkanes) is 1. The van der Waals surface area contributed by atoms with Gasteiger partial charge in [-0.3, -0.25) is 14.2 Å². The van der Waals surface area contributed by atoms with Gasteiger partial charge in [0.25, 0.3) is 5.56 Å². The Morgan fingerprint density at radius 3 is 2.83 bits per heavy atom. The first-order chi connectivity index (χ1) is 14.2. The third kappa shape index (κ3) is 4.26. The van der Waals surface area contributed by atoms with Crippen LogP contribution in [-0.4, -0.2) is 27.9 Å². The molecule has 2 aromatic heterocycles. The molecule has 0 fully saturated rings. The van der Waals surface area contributed by atoms with E-state index in [0.717, 1.165) is 54.4 Å². The molecule has 0 radical (unpaired) electrons. The minimum Gasteiger partial charge on any atom is -0.465 e. The third-order valence-corrected chi connectivity index (χ3v) is 7.15. The molecule has 1 aliphatic carbocycles. The highest BCUT2D eigenvalue weighted by Gasteiger charge is 2.23. The van der Waals surface area contributed by atoms with Gasteiger partial charge >= 0.3 is 5.97 Å². The molecule has 0 amide bonds. The number of fused-ring (bicyclic) bond motifs is 3. The number of esters is 1. The molecule has 3 aromatic rings. The van der Waals surface area contributed by atoms with Crippen molar-refractivity contribution in [2.75, 3.05) is 12.4 Å². The van der Waals surface area contributed by atoms with Gasteiger partial charge in [0.05, 0.1) is 23.4 Å². The average Bonchev–Trinajstić information content (AvgIpc) is 3.12. The lowest BCUT2D eigenvalue weighted by Gasteiger charge is -2.13. The molecule has 0 aliphatic heterocycles. The van der Waals surface area contributed by atoms with Crippen LogP contribution in [0.1, 0.15) is 43.0 Å². The molecular weight excluding hydrogens is 404 g/mol. The van der Waals surface area contributed by atoms with Gasteiger partial charge in [-0.05, 0) is 49.8 Å². The first kappa shape index (κ1) is 20.2. The zero-order valence-corrected chi connectivity index (χ0v) is 18.1. The molecular formula is C22H24N2O3S2. The smallest absolute Gasteiger partial charge is 0.316 e. The van der Waals surface area contributed by atoms with Gasteiger partial charge in [0, 0.05) is 4.88 Å². The molecule has 0 atom stereocenters. The second kappa shape index (κ2) is 9.13. The molecule has 0 N–H and O–H groups in total. The van der Waals surface area contributed by atoms with Gasteiger partial charge in [-0.2, -0.15) is 0 Å². The van der Waals surface area contributed by atoms with Crippen molar-refractivity contribution < 1.29 is 9.53 Å². The number of hydrogen-bond acceptors (Lipinski definition) is 6. The monoisotopic (exact) mass is 428 g/mol. The Morgan fingerprint density at radius 2 is 2.03 bits per heavy atom. The number of ether oxygens (including phenoxy) is 1. The van der Waals surface area contributed by atoms with Gasteiger partial charge < -0.3 is 4.74 Å². The Hall–Kier alpha value is -2.12. The minimum absolute atomic E-state index is 0.0394. The number of benzene rings is 1. The lowest BCUT2D eigenvalue weighted by atomic mass is 9.97. The van der Waals surface area contributed by atoms with Gasteiger partial charge in [0.15, 0.2) is 5.16 Å². The van der Waals surface area contributed by atoms with E-state index in [4.69, 9.17) is 9.72 Å². The van der Waals surface area contributed by atoms with Crippen molar-refractivity contribution in [3.05, 3.63) is 51.1 Å². The number of carbonyl (C=O) groups excluding carboxylic acids is 1. The van der Waals surface area contributed by atoms with Crippen LogP contribution in [0.4, 0.5) is 0 Å². The van der Waals surface area contributed by atoms with E-state index < -0.39 is 0 Å². The summed E-state index contributed by atoms with van der Waals surface area (Å²) >= 11 is 2.90. The fourth-order valence-corrected chi connectivity index (χ4v) is 5.70. The number of aryl methyl sites for hydroxylation is 2. The van der Waals surface area contributed by atoms with E-state index in [1.165, 1.54) is 22.2 Å². The van der Waals surface area contributed by atoms with Crippen molar-refractivity contribution in [3.8, 4) is 5.69 Å². The van der Waals surface area contributed by atoms with E-state index in [2.05, 4.69) is 6.92 Å². The third-order valence-electron chi connectivity index (χ3n) is 5.05. The van der Waals surface area contributed by atoms with E-state index in [9.17, 15) is 9.59 Å². The molecule has 5 nitrogen and oxygen atoms in total. The summed E-state index contributed by atoms with van der Waals surface area (Å²) in [5.74, 6) is -0.137. The lowest BCUT2D eigenvalue weighted by Crippen LogP contribution is -2.22. The Morgan fingerprint density at radius 1 is 1.24 bits per heavy atom. The SMILES string of the molecule is CCCCOC(=O)CSc1nc2sc3c(c2c(=O)n1-c1ccccc1)CCCC3. The summed E-state index contributed by atoms with van der Waals surface area (Å²) in [7, 11) is 0. The Kier molecular flexibility index (Phi) is 6.35. The summed E-state index contributed by atoms with van der Waals surface area (Å²) in [6.07, 6.45) is 6.08. The maximum atomic E-state index is 13.5. The van der Waals surface area contributed by atoms with Crippen LogP contribution in [-0.2, 0) is 22.4 Å². The molecule has 0 unspecified atom stereocenters. The van der Waals surface area contributed by atoms with Crippen molar-refractivity contribution in [2.24, 2.45) is 0 Å². The molecule has 29 heavy (non-hydrogen) atoms. The largest absolute Gasteiger partial charge is 0.465 e. The standard InChI is InChI=1S/C22H24N2O3S2/c1-2-3-13-27-18(25)14-28-22-23-20-19(16-11-7-8-12-17(16)29-20)21(26)24(22)15-9-5-4-6-10-15/h4-6,9-10H,2-3,7-8,11-14H2,1H3. The van der Waals surface area contributed by atoms with Gasteiger partial charge in [-0.15, -0.1) is 11.3 Å². The van der Waals surface area contributed by atoms with Gasteiger partial charge in [0.1, 0.15) is 4.83 Å². The van der Waals surface area contributed by atoms with Crippen LogP contribution >= 0.6 is 23.1 Å². The van der Waals surface area contributed by atoms with Crippen LogP contribution in [0, 0.1) is 0 Å². The van der Waals surface area contributed by atoms with E-state index in [1.54, 1.807) is 15.9 Å². The molecule has 4 rings (SSSR count). The molecule has 2 heterocycles. The van der Waals surface area contributed by atoms with E-state index in [1.807, 2.05) is 30.3 Å². The molecule has 1 aromatic carbocycles. The van der Waals surface area contributed by atoms with Crippen LogP contribution in [0.15, 0.2) is 40.3 Å². The number of carbonyl (C=O) groups is 1. The topological polar surface area (TPSA) is 61.2 Å². The highest BCUT2D eigenvalue weighted by molar-refractivity contribution is 7.99. The number of rotatable bonds is 7. The van der Waals surface area contributed by atoms with E-state index >= 15 is 0 Å². The Bertz CT molecular complexity index is 1070. The predicted molar refractivity (Wildman–Crippen MR) is 118 cm³/mol. The van der Waals surface area contributed by atoms with Gasteiger partial charge in [-0.25, -0.2) is 4.98 Å². The first-order valence-electron chi connectivity index (χ1n) is 10.1. The highest BCUT2D eigenvalue weighted by Crippen LogP contribution is 2.35. The highest BCUT2D eigenvalue weighted by atomic mass is 32.2. The number of para-hydroxylation sites is 1. The average molecular weight is 429 g/mol. The molecule has 0 bridgehead atoms. The van der Waals surface area contributed by atoms with Crippen molar-refractivity contribution in [2.45, 2.75) is 50.6 Å². The van der Waals surface area contributed by atoms with Crippen molar-refractivity contribution in [1.82, 2.24) is 9.55 Å². The molecule has 0 saturated carbocycles. The Balaban J connectivity index is 1.74. The zero-order valence-electron chi connectivity index (χ0n) is 16.5. The fourth-order valence-electron chi connectivity index (χ4n) is 3.58. The van der Waals surface area contributed by atoms with Crippen molar-refractivity contribution in [3.63, 3.8) is 0 Å². The number of thiophene rings is 1. The van der Waals surface area contributed by atoms with E-state index in [0.29, 0.717) is 11.8 Å². The predicted octanol–water partition coefficient (Wildman–Crippen LogP) is 4.76. The maximum absolute atomic E-state index is 13.5. The minimum atomic E-state index is -0.275. The van der Waals surface area contributed by atoms with E-state index in [-0.39, 0.29) is 17.3 Å². The number of nitrogens with zero attached hydrogens (tertiary/aromatic N) is 2. The normalized spacial score (nSPS) is 13.4. The van der Waals surface area contributed by atoms with Crippen LogP contribution in [0.5, 0.6) is 0 Å². The fraction of sp³-hybridized carbons (Fsp3) is 0.409. The van der Waals surface area contributed by atoms with Crippen LogP contribution in [0.3, 0.4) is 0 Å². The lowest BCUT2D eigenvalue weighted by molar-refractivity contribution is -0.140. The maximum Gasteiger partial charge on any atom is 0.316 e. The number of thioether (sulfide) groups is 1. The summed E-state index contributed by atoms with van der Waals surface area (Å²) in [4.78, 5) is 32.5. The van der Waals surface area contributed by atoms with Crippen LogP contribution in [0.25, 0.3) is 15.9 Å². The number of aromatic nitrogens is 2. The zero-order chi connectivity index (χ0) is 20.2. The second-order valence-corrected chi connectivity index (χ2v) is 9.15. The quantitative estimate of drug-likeness (QED) is 0.235. The molecule has 152 valence electrons. The van der Waals surface area contributed by atoms with Crippen LogP contribution < -0.4 is 5.56 Å². The summed E-state index contributed by atoms with van der Waals surface area (Å²) in [5, 5.41) is 1.29. The van der Waals surface area contributed by atoms with Crippen molar-refractivity contribution in [1.29, 1.82) is 0 Å². The first-order valence-corrected chi connectivity index (χ1v) is 11.9. The molecule has 7 heteroatoms.